The highest BCUT2D eigenvalue weighted by Crippen LogP contribution is 2.23. The standard InChI is InChI=1S/C22H25FN2O/c1-16(18-8-10-21(23)11-9-18)24-22(26)17(2)25-14-12-20(13-15-25)19-6-4-3-5-7-19/h3-12,16-17H,13-15H2,1-2H3,(H,24,26). The fourth-order valence-electron chi connectivity index (χ4n) is 3.29. The summed E-state index contributed by atoms with van der Waals surface area (Å²) in [7, 11) is 0. The van der Waals surface area contributed by atoms with Gasteiger partial charge in [0.2, 0.25) is 5.91 Å². The van der Waals surface area contributed by atoms with Crippen LogP contribution in [0.25, 0.3) is 5.57 Å². The number of nitrogens with zero attached hydrogens (tertiary/aromatic N) is 1. The van der Waals surface area contributed by atoms with Gasteiger partial charge in [0.05, 0.1) is 12.1 Å². The number of carbonyl (C=O) groups excluding carboxylic acids is 1. The Labute approximate surface area is 154 Å². The molecule has 1 heterocycles. The number of hydrogen-bond acceptors (Lipinski definition) is 2. The lowest BCUT2D eigenvalue weighted by molar-refractivity contribution is -0.126. The Bertz CT molecular complexity index is 770. The number of carbonyl (C=O) groups is 1. The molecule has 3 rings (SSSR count). The lowest BCUT2D eigenvalue weighted by atomic mass is 9.98. The molecule has 2 aromatic rings. The largest absolute Gasteiger partial charge is 0.348 e. The van der Waals surface area contributed by atoms with E-state index in [9.17, 15) is 9.18 Å². The maximum absolute atomic E-state index is 13.0. The van der Waals surface area contributed by atoms with Crippen molar-refractivity contribution in [1.82, 2.24) is 10.2 Å². The third-order valence-corrected chi connectivity index (χ3v) is 5.04. The summed E-state index contributed by atoms with van der Waals surface area (Å²) in [5, 5.41) is 3.03. The molecule has 2 unspecified atom stereocenters. The van der Waals surface area contributed by atoms with Crippen molar-refractivity contribution in [3.05, 3.63) is 77.6 Å². The number of hydrogen-bond donors (Lipinski definition) is 1. The molecule has 0 aliphatic carbocycles. The molecule has 136 valence electrons. The molecule has 1 N–H and O–H groups in total. The second-order valence-corrected chi connectivity index (χ2v) is 6.80. The molecule has 0 spiro atoms. The molecule has 0 fully saturated rings. The highest BCUT2D eigenvalue weighted by atomic mass is 19.1. The zero-order valence-electron chi connectivity index (χ0n) is 15.3. The van der Waals surface area contributed by atoms with E-state index in [0.29, 0.717) is 0 Å². The van der Waals surface area contributed by atoms with Gasteiger partial charge in [-0.2, -0.15) is 0 Å². The average Bonchev–Trinajstić information content (AvgIpc) is 2.68. The molecule has 0 saturated carbocycles. The molecule has 1 amide bonds. The van der Waals surface area contributed by atoms with Crippen LogP contribution in [0.5, 0.6) is 0 Å². The minimum absolute atomic E-state index is 0.00149. The van der Waals surface area contributed by atoms with Crippen molar-refractivity contribution in [2.45, 2.75) is 32.4 Å². The quantitative estimate of drug-likeness (QED) is 0.875. The minimum Gasteiger partial charge on any atom is -0.348 e. The van der Waals surface area contributed by atoms with Crippen LogP contribution in [-0.4, -0.2) is 29.9 Å². The molecule has 1 aliphatic rings. The second kappa shape index (κ2) is 8.28. The van der Waals surface area contributed by atoms with Crippen LogP contribution in [0.2, 0.25) is 0 Å². The highest BCUT2D eigenvalue weighted by molar-refractivity contribution is 5.82. The number of amides is 1. The summed E-state index contributed by atoms with van der Waals surface area (Å²) in [6.07, 6.45) is 3.15. The smallest absolute Gasteiger partial charge is 0.237 e. The van der Waals surface area contributed by atoms with Gasteiger partial charge in [0.25, 0.3) is 0 Å². The predicted octanol–water partition coefficient (Wildman–Crippen LogP) is 4.18. The van der Waals surface area contributed by atoms with Gasteiger partial charge in [-0.15, -0.1) is 0 Å². The Morgan fingerprint density at radius 3 is 2.38 bits per heavy atom. The van der Waals surface area contributed by atoms with Crippen LogP contribution in [-0.2, 0) is 4.79 Å². The van der Waals surface area contributed by atoms with Crippen LogP contribution < -0.4 is 5.32 Å². The normalized spacial score (nSPS) is 17.3. The van der Waals surface area contributed by atoms with Gasteiger partial charge in [-0.05, 0) is 49.1 Å². The van der Waals surface area contributed by atoms with E-state index in [1.54, 1.807) is 12.1 Å². The number of nitrogens with one attached hydrogen (secondary N) is 1. The summed E-state index contributed by atoms with van der Waals surface area (Å²) in [6.45, 7) is 5.49. The Morgan fingerprint density at radius 2 is 1.77 bits per heavy atom. The fourth-order valence-corrected chi connectivity index (χ4v) is 3.29. The molecule has 0 bridgehead atoms. The molecule has 0 aromatic heterocycles. The van der Waals surface area contributed by atoms with Crippen LogP contribution in [0.1, 0.15) is 37.4 Å². The van der Waals surface area contributed by atoms with Gasteiger partial charge in [0.15, 0.2) is 0 Å². The van der Waals surface area contributed by atoms with Crippen LogP contribution in [0.3, 0.4) is 0 Å². The van der Waals surface area contributed by atoms with E-state index < -0.39 is 0 Å². The van der Waals surface area contributed by atoms with Gasteiger partial charge in [0.1, 0.15) is 5.82 Å². The van der Waals surface area contributed by atoms with E-state index >= 15 is 0 Å². The van der Waals surface area contributed by atoms with Crippen molar-refractivity contribution in [3.63, 3.8) is 0 Å². The Hall–Kier alpha value is -2.46. The maximum Gasteiger partial charge on any atom is 0.237 e. The first kappa shape index (κ1) is 18.3. The summed E-state index contributed by atoms with van der Waals surface area (Å²) in [4.78, 5) is 14.8. The first-order chi connectivity index (χ1) is 12.5. The van der Waals surface area contributed by atoms with E-state index in [1.807, 2.05) is 19.9 Å². The molecule has 1 aliphatic heterocycles. The third-order valence-electron chi connectivity index (χ3n) is 5.04. The number of halogens is 1. The molecular formula is C22H25FN2O. The summed E-state index contributed by atoms with van der Waals surface area (Å²) in [5.41, 5.74) is 3.50. The van der Waals surface area contributed by atoms with E-state index in [1.165, 1.54) is 23.3 Å². The Balaban J connectivity index is 1.57. The van der Waals surface area contributed by atoms with Crippen molar-refractivity contribution >= 4 is 11.5 Å². The van der Waals surface area contributed by atoms with Gasteiger partial charge >= 0.3 is 0 Å². The monoisotopic (exact) mass is 352 g/mol. The topological polar surface area (TPSA) is 32.3 Å². The van der Waals surface area contributed by atoms with E-state index in [2.05, 4.69) is 40.6 Å². The van der Waals surface area contributed by atoms with Crippen molar-refractivity contribution < 1.29 is 9.18 Å². The molecule has 4 heteroatoms. The Morgan fingerprint density at radius 1 is 1.08 bits per heavy atom. The van der Waals surface area contributed by atoms with Crippen LogP contribution in [0, 0.1) is 5.82 Å². The van der Waals surface area contributed by atoms with Crippen LogP contribution in [0.15, 0.2) is 60.7 Å². The molecule has 0 saturated heterocycles. The molecule has 2 atom stereocenters. The molecule has 2 aromatic carbocycles. The number of rotatable bonds is 5. The van der Waals surface area contributed by atoms with Gasteiger partial charge in [-0.3, -0.25) is 9.69 Å². The average molecular weight is 352 g/mol. The van der Waals surface area contributed by atoms with Crippen molar-refractivity contribution in [1.29, 1.82) is 0 Å². The van der Waals surface area contributed by atoms with Gasteiger partial charge < -0.3 is 5.32 Å². The van der Waals surface area contributed by atoms with E-state index in [-0.39, 0.29) is 23.8 Å². The molecule has 3 nitrogen and oxygen atoms in total. The first-order valence-electron chi connectivity index (χ1n) is 9.09. The zero-order chi connectivity index (χ0) is 18.5. The third kappa shape index (κ3) is 4.38. The van der Waals surface area contributed by atoms with E-state index in [4.69, 9.17) is 0 Å². The van der Waals surface area contributed by atoms with Crippen molar-refractivity contribution in [2.75, 3.05) is 13.1 Å². The zero-order valence-corrected chi connectivity index (χ0v) is 15.3. The molecular weight excluding hydrogens is 327 g/mol. The lowest BCUT2D eigenvalue weighted by Crippen LogP contribution is -2.47. The minimum atomic E-state index is -0.269. The Kier molecular flexibility index (Phi) is 5.84. The maximum atomic E-state index is 13.0. The van der Waals surface area contributed by atoms with Crippen molar-refractivity contribution in [2.24, 2.45) is 0 Å². The van der Waals surface area contributed by atoms with Crippen LogP contribution >= 0.6 is 0 Å². The predicted molar refractivity (Wildman–Crippen MR) is 103 cm³/mol. The second-order valence-electron chi connectivity index (χ2n) is 6.80. The summed E-state index contributed by atoms with van der Waals surface area (Å²) >= 11 is 0. The van der Waals surface area contributed by atoms with E-state index in [0.717, 1.165) is 25.1 Å². The summed E-state index contributed by atoms with van der Waals surface area (Å²) in [6, 6.07) is 16.3. The number of benzene rings is 2. The van der Waals surface area contributed by atoms with Gasteiger partial charge in [-0.1, -0.05) is 48.5 Å². The highest BCUT2D eigenvalue weighted by Gasteiger charge is 2.24. The molecule has 26 heavy (non-hydrogen) atoms. The summed E-state index contributed by atoms with van der Waals surface area (Å²) in [5.74, 6) is -0.270. The molecule has 0 radical (unpaired) electrons. The van der Waals surface area contributed by atoms with Gasteiger partial charge in [-0.25, -0.2) is 4.39 Å². The van der Waals surface area contributed by atoms with Crippen molar-refractivity contribution in [3.8, 4) is 0 Å². The SMILES string of the molecule is CC(NC(=O)C(C)N1CC=C(c2ccccc2)CC1)c1ccc(F)cc1. The van der Waals surface area contributed by atoms with Gasteiger partial charge in [0, 0.05) is 13.1 Å². The first-order valence-corrected chi connectivity index (χ1v) is 9.09. The van der Waals surface area contributed by atoms with Crippen LogP contribution in [0.4, 0.5) is 4.39 Å². The fraction of sp³-hybridized carbons (Fsp3) is 0.318. The summed E-state index contributed by atoms with van der Waals surface area (Å²) < 4.78 is 13.0. The lowest BCUT2D eigenvalue weighted by Gasteiger charge is -2.32.